The monoisotopic (exact) mass is 296 g/mol. The zero-order valence-corrected chi connectivity index (χ0v) is 12.0. The first-order chi connectivity index (χ1) is 10.2. The maximum Gasteiger partial charge on any atom is 0.353 e. The third-order valence-corrected chi connectivity index (χ3v) is 3.29. The molecule has 0 aromatic carbocycles. The second-order valence-corrected chi connectivity index (χ2v) is 4.66. The Labute approximate surface area is 122 Å². The van der Waals surface area contributed by atoms with Crippen LogP contribution in [0, 0.1) is 10.1 Å². The predicted molar refractivity (Wildman–Crippen MR) is 78.6 cm³/mol. The summed E-state index contributed by atoms with van der Waals surface area (Å²) < 4.78 is 5.29. The first-order valence-electron chi connectivity index (χ1n) is 6.93. The first-order valence-corrected chi connectivity index (χ1v) is 6.93. The topological polar surface area (TPSA) is 105 Å². The van der Waals surface area contributed by atoms with Crippen LogP contribution in [0.5, 0.6) is 0 Å². The lowest BCUT2D eigenvalue weighted by Crippen LogP contribution is -2.37. The average Bonchev–Trinajstić information content (AvgIpc) is 2.52. The highest BCUT2D eigenvalue weighted by Gasteiger charge is 2.21. The fourth-order valence-electron chi connectivity index (χ4n) is 2.20. The molecule has 9 heteroatoms. The molecule has 1 fully saturated rings. The Morgan fingerprint density at radius 3 is 2.76 bits per heavy atom. The highest BCUT2D eigenvalue weighted by Crippen LogP contribution is 2.28. The molecule has 1 saturated heterocycles. The molecule has 1 aromatic rings. The van der Waals surface area contributed by atoms with E-state index in [9.17, 15) is 10.1 Å². The molecule has 0 bridgehead atoms. The standard InChI is InChI=1S/C12H20N6O3/c1-13-11-10(18(19)20)12(16-9-15-11)14-3-2-4-17-5-7-21-8-6-17/h9H,2-8H2,1H3,(H2,13,14,15,16). The fourth-order valence-corrected chi connectivity index (χ4v) is 2.20. The van der Waals surface area contributed by atoms with Crippen LogP contribution in [0.4, 0.5) is 17.3 Å². The number of ether oxygens (including phenoxy) is 1. The van der Waals surface area contributed by atoms with Crippen molar-refractivity contribution in [2.75, 3.05) is 57.1 Å². The molecule has 21 heavy (non-hydrogen) atoms. The maximum atomic E-state index is 11.1. The van der Waals surface area contributed by atoms with Gasteiger partial charge in [0, 0.05) is 26.7 Å². The fraction of sp³-hybridized carbons (Fsp3) is 0.667. The van der Waals surface area contributed by atoms with Crippen molar-refractivity contribution >= 4 is 17.3 Å². The van der Waals surface area contributed by atoms with Crippen LogP contribution in [0.1, 0.15) is 6.42 Å². The molecule has 0 radical (unpaired) electrons. The Bertz CT molecular complexity index is 478. The number of rotatable bonds is 7. The average molecular weight is 296 g/mol. The third-order valence-electron chi connectivity index (χ3n) is 3.29. The van der Waals surface area contributed by atoms with Gasteiger partial charge in [0.1, 0.15) is 6.33 Å². The smallest absolute Gasteiger partial charge is 0.353 e. The maximum absolute atomic E-state index is 11.1. The highest BCUT2D eigenvalue weighted by atomic mass is 16.6. The minimum absolute atomic E-state index is 0.119. The van der Waals surface area contributed by atoms with E-state index >= 15 is 0 Å². The molecule has 1 aliphatic rings. The molecule has 2 N–H and O–H groups in total. The van der Waals surface area contributed by atoms with Crippen molar-refractivity contribution in [1.29, 1.82) is 0 Å². The summed E-state index contributed by atoms with van der Waals surface area (Å²) in [6, 6.07) is 0. The SMILES string of the molecule is CNc1ncnc(NCCCN2CCOCC2)c1[N+](=O)[O-]. The van der Waals surface area contributed by atoms with Crippen molar-refractivity contribution in [1.82, 2.24) is 14.9 Å². The lowest BCUT2D eigenvalue weighted by atomic mass is 10.3. The second-order valence-electron chi connectivity index (χ2n) is 4.66. The minimum atomic E-state index is -0.476. The Balaban J connectivity index is 1.86. The van der Waals surface area contributed by atoms with Gasteiger partial charge in [0.2, 0.25) is 11.6 Å². The van der Waals surface area contributed by atoms with Crippen molar-refractivity contribution in [3.05, 3.63) is 16.4 Å². The summed E-state index contributed by atoms with van der Waals surface area (Å²) in [7, 11) is 1.59. The number of nitrogens with one attached hydrogen (secondary N) is 2. The van der Waals surface area contributed by atoms with Crippen molar-refractivity contribution in [2.24, 2.45) is 0 Å². The van der Waals surface area contributed by atoms with Crippen LogP contribution in [-0.2, 0) is 4.74 Å². The molecule has 0 unspecified atom stereocenters. The molecule has 0 spiro atoms. The van der Waals surface area contributed by atoms with Gasteiger partial charge < -0.3 is 15.4 Å². The van der Waals surface area contributed by atoms with E-state index in [1.165, 1.54) is 6.33 Å². The van der Waals surface area contributed by atoms with E-state index in [4.69, 9.17) is 4.74 Å². The molecule has 2 rings (SSSR count). The predicted octanol–water partition coefficient (Wildman–Crippen LogP) is 0.561. The number of anilines is 2. The largest absolute Gasteiger partial charge is 0.379 e. The summed E-state index contributed by atoms with van der Waals surface area (Å²) in [5, 5.41) is 16.8. The molecular weight excluding hydrogens is 276 g/mol. The summed E-state index contributed by atoms with van der Waals surface area (Å²) in [6.45, 7) is 4.99. The summed E-state index contributed by atoms with van der Waals surface area (Å²) in [5.41, 5.74) is -0.119. The Kier molecular flexibility index (Phi) is 5.64. The van der Waals surface area contributed by atoms with Crippen LogP contribution in [0.3, 0.4) is 0 Å². The van der Waals surface area contributed by atoms with Crippen LogP contribution in [0.25, 0.3) is 0 Å². The van der Waals surface area contributed by atoms with Gasteiger partial charge in [-0.15, -0.1) is 0 Å². The first kappa shape index (κ1) is 15.4. The lowest BCUT2D eigenvalue weighted by Gasteiger charge is -2.26. The van der Waals surface area contributed by atoms with E-state index in [-0.39, 0.29) is 17.3 Å². The third kappa shape index (κ3) is 4.23. The molecule has 0 aliphatic carbocycles. The van der Waals surface area contributed by atoms with Gasteiger partial charge in [0.25, 0.3) is 0 Å². The van der Waals surface area contributed by atoms with Crippen LogP contribution < -0.4 is 10.6 Å². The van der Waals surface area contributed by atoms with Crippen LogP contribution in [0.2, 0.25) is 0 Å². The highest BCUT2D eigenvalue weighted by molar-refractivity contribution is 5.68. The molecular formula is C12H20N6O3. The number of hydrogen-bond acceptors (Lipinski definition) is 8. The zero-order valence-electron chi connectivity index (χ0n) is 12.0. The van der Waals surface area contributed by atoms with Gasteiger partial charge in [-0.2, -0.15) is 0 Å². The number of nitrogens with zero attached hydrogens (tertiary/aromatic N) is 4. The summed E-state index contributed by atoms with van der Waals surface area (Å²) in [6.07, 6.45) is 2.19. The summed E-state index contributed by atoms with van der Waals surface area (Å²) in [5.74, 6) is 0.465. The number of aromatic nitrogens is 2. The van der Waals surface area contributed by atoms with E-state index in [1.54, 1.807) is 7.05 Å². The van der Waals surface area contributed by atoms with Gasteiger partial charge in [-0.1, -0.05) is 0 Å². The van der Waals surface area contributed by atoms with Gasteiger partial charge in [-0.3, -0.25) is 15.0 Å². The van der Waals surface area contributed by atoms with E-state index in [0.29, 0.717) is 6.54 Å². The quantitative estimate of drug-likeness (QED) is 0.427. The molecule has 116 valence electrons. The van der Waals surface area contributed by atoms with Crippen molar-refractivity contribution in [3.8, 4) is 0 Å². The Morgan fingerprint density at radius 2 is 2.10 bits per heavy atom. The molecule has 9 nitrogen and oxygen atoms in total. The molecule has 0 amide bonds. The Morgan fingerprint density at radius 1 is 1.38 bits per heavy atom. The molecule has 1 aliphatic heterocycles. The molecule has 0 saturated carbocycles. The van der Waals surface area contributed by atoms with E-state index in [0.717, 1.165) is 39.3 Å². The normalized spacial score (nSPS) is 15.7. The van der Waals surface area contributed by atoms with Gasteiger partial charge in [0.15, 0.2) is 0 Å². The van der Waals surface area contributed by atoms with Crippen molar-refractivity contribution < 1.29 is 9.66 Å². The van der Waals surface area contributed by atoms with Crippen molar-refractivity contribution in [2.45, 2.75) is 6.42 Å². The van der Waals surface area contributed by atoms with Gasteiger partial charge in [0.05, 0.1) is 18.1 Å². The molecule has 1 aromatic heterocycles. The van der Waals surface area contributed by atoms with E-state index < -0.39 is 4.92 Å². The van der Waals surface area contributed by atoms with E-state index in [1.807, 2.05) is 0 Å². The summed E-state index contributed by atoms with van der Waals surface area (Å²) >= 11 is 0. The second kappa shape index (κ2) is 7.70. The zero-order chi connectivity index (χ0) is 15.1. The van der Waals surface area contributed by atoms with Gasteiger partial charge in [-0.05, 0) is 13.0 Å². The van der Waals surface area contributed by atoms with Gasteiger partial charge >= 0.3 is 5.69 Å². The number of morpholine rings is 1. The molecule has 0 atom stereocenters. The van der Waals surface area contributed by atoms with Crippen molar-refractivity contribution in [3.63, 3.8) is 0 Å². The Hall–Kier alpha value is -2.00. The van der Waals surface area contributed by atoms with Crippen LogP contribution in [0.15, 0.2) is 6.33 Å². The van der Waals surface area contributed by atoms with Crippen LogP contribution in [-0.4, -0.2) is 66.2 Å². The molecule has 2 heterocycles. The number of nitro groups is 1. The minimum Gasteiger partial charge on any atom is -0.379 e. The van der Waals surface area contributed by atoms with Gasteiger partial charge in [-0.25, -0.2) is 9.97 Å². The lowest BCUT2D eigenvalue weighted by molar-refractivity contribution is -0.383. The van der Waals surface area contributed by atoms with Crippen LogP contribution >= 0.6 is 0 Å². The number of hydrogen-bond donors (Lipinski definition) is 2. The van der Waals surface area contributed by atoms with E-state index in [2.05, 4.69) is 25.5 Å². The summed E-state index contributed by atoms with van der Waals surface area (Å²) in [4.78, 5) is 20.8.